The number of carbonyl (C=O) groups is 2. The molecule has 2 atom stereocenters. The van der Waals surface area contributed by atoms with E-state index in [4.69, 9.17) is 0 Å². The molecule has 1 aliphatic rings. The van der Waals surface area contributed by atoms with Gasteiger partial charge in [0.25, 0.3) is 0 Å². The van der Waals surface area contributed by atoms with Crippen LogP contribution in [0.5, 0.6) is 0 Å². The third-order valence-electron chi connectivity index (χ3n) is 4.08. The molecule has 0 aliphatic carbocycles. The van der Waals surface area contributed by atoms with E-state index in [9.17, 15) is 14.7 Å². The van der Waals surface area contributed by atoms with Gasteiger partial charge in [-0.1, -0.05) is 19.1 Å². The summed E-state index contributed by atoms with van der Waals surface area (Å²) in [5.41, 5.74) is 1.20. The highest BCUT2D eigenvalue weighted by atomic mass is 16.3. The fourth-order valence-corrected chi connectivity index (χ4v) is 2.78. The van der Waals surface area contributed by atoms with Crippen molar-refractivity contribution in [3.8, 4) is 0 Å². The zero-order chi connectivity index (χ0) is 15.4. The molecule has 0 saturated carbocycles. The van der Waals surface area contributed by atoms with Crippen molar-refractivity contribution >= 4 is 17.4 Å². The molecule has 1 heterocycles. The van der Waals surface area contributed by atoms with Crippen molar-refractivity contribution in [2.75, 3.05) is 25.0 Å². The SMILES string of the molecule is CC(=O)c1cccc(NC(=O)CN2CCC(C)C2CO)c1. The average Bonchev–Trinajstić information content (AvgIpc) is 2.79. The van der Waals surface area contributed by atoms with E-state index in [1.165, 1.54) is 6.92 Å². The monoisotopic (exact) mass is 290 g/mol. The minimum atomic E-state index is -0.122. The molecule has 0 bridgehead atoms. The molecular weight excluding hydrogens is 268 g/mol. The average molecular weight is 290 g/mol. The molecule has 1 aliphatic heterocycles. The van der Waals surface area contributed by atoms with Crippen LogP contribution in [0.25, 0.3) is 0 Å². The Hall–Kier alpha value is -1.72. The lowest BCUT2D eigenvalue weighted by Crippen LogP contribution is -2.40. The Balaban J connectivity index is 1.96. The molecule has 0 spiro atoms. The number of ketones is 1. The quantitative estimate of drug-likeness (QED) is 0.807. The van der Waals surface area contributed by atoms with Gasteiger partial charge in [-0.2, -0.15) is 0 Å². The molecule has 1 fully saturated rings. The fourth-order valence-electron chi connectivity index (χ4n) is 2.78. The summed E-state index contributed by atoms with van der Waals surface area (Å²) in [5.74, 6) is 0.256. The summed E-state index contributed by atoms with van der Waals surface area (Å²) in [6, 6.07) is 6.97. The van der Waals surface area contributed by atoms with Crippen molar-refractivity contribution in [3.05, 3.63) is 29.8 Å². The van der Waals surface area contributed by atoms with Gasteiger partial charge in [-0.15, -0.1) is 0 Å². The molecule has 1 amide bonds. The van der Waals surface area contributed by atoms with E-state index in [0.29, 0.717) is 17.2 Å². The molecule has 0 radical (unpaired) electrons. The molecule has 21 heavy (non-hydrogen) atoms. The first-order valence-electron chi connectivity index (χ1n) is 7.27. The van der Waals surface area contributed by atoms with Gasteiger partial charge in [0.05, 0.1) is 13.2 Å². The van der Waals surface area contributed by atoms with E-state index in [-0.39, 0.29) is 30.9 Å². The third kappa shape index (κ3) is 3.89. The number of nitrogens with one attached hydrogen (secondary N) is 1. The second-order valence-corrected chi connectivity index (χ2v) is 5.67. The van der Waals surface area contributed by atoms with Gasteiger partial charge >= 0.3 is 0 Å². The molecular formula is C16H22N2O3. The number of Topliss-reactive ketones (excluding diaryl/α,β-unsaturated/α-hetero) is 1. The number of carbonyl (C=O) groups excluding carboxylic acids is 2. The van der Waals surface area contributed by atoms with Crippen LogP contribution in [0.15, 0.2) is 24.3 Å². The van der Waals surface area contributed by atoms with E-state index in [1.54, 1.807) is 24.3 Å². The topological polar surface area (TPSA) is 69.6 Å². The summed E-state index contributed by atoms with van der Waals surface area (Å²) in [7, 11) is 0. The minimum Gasteiger partial charge on any atom is -0.395 e. The van der Waals surface area contributed by atoms with Crippen molar-refractivity contribution in [3.63, 3.8) is 0 Å². The number of anilines is 1. The van der Waals surface area contributed by atoms with Crippen molar-refractivity contribution in [2.45, 2.75) is 26.3 Å². The second-order valence-electron chi connectivity index (χ2n) is 5.67. The van der Waals surface area contributed by atoms with Crippen molar-refractivity contribution < 1.29 is 14.7 Å². The molecule has 2 rings (SSSR count). The Bertz CT molecular complexity index is 530. The number of amides is 1. The van der Waals surface area contributed by atoms with Gasteiger partial charge in [-0.05, 0) is 37.9 Å². The molecule has 0 aromatic heterocycles. The predicted molar refractivity (Wildman–Crippen MR) is 81.3 cm³/mol. The summed E-state index contributed by atoms with van der Waals surface area (Å²) in [6.07, 6.45) is 0.998. The van der Waals surface area contributed by atoms with Crippen molar-refractivity contribution in [1.82, 2.24) is 4.90 Å². The van der Waals surface area contributed by atoms with Gasteiger partial charge in [-0.3, -0.25) is 14.5 Å². The van der Waals surface area contributed by atoms with Crippen LogP contribution in [0.1, 0.15) is 30.6 Å². The molecule has 5 nitrogen and oxygen atoms in total. The van der Waals surface area contributed by atoms with Gasteiger partial charge in [-0.25, -0.2) is 0 Å². The number of likely N-dealkylation sites (tertiary alicyclic amines) is 1. The Morgan fingerprint density at radius 3 is 2.86 bits per heavy atom. The smallest absolute Gasteiger partial charge is 0.238 e. The molecule has 1 aromatic rings. The largest absolute Gasteiger partial charge is 0.395 e. The molecule has 1 aromatic carbocycles. The van der Waals surface area contributed by atoms with Gasteiger partial charge in [0, 0.05) is 17.3 Å². The number of aliphatic hydroxyl groups excluding tert-OH is 1. The summed E-state index contributed by atoms with van der Waals surface area (Å²) in [5, 5.41) is 12.2. The highest BCUT2D eigenvalue weighted by molar-refractivity contribution is 5.97. The lowest BCUT2D eigenvalue weighted by atomic mass is 10.0. The van der Waals surface area contributed by atoms with Crippen LogP contribution in [0.3, 0.4) is 0 Å². The standard InChI is InChI=1S/C16H22N2O3/c1-11-6-7-18(15(11)10-19)9-16(21)17-14-5-3-4-13(8-14)12(2)20/h3-5,8,11,15,19H,6-7,9-10H2,1-2H3,(H,17,21). The Kier molecular flexibility index (Phi) is 5.09. The van der Waals surface area contributed by atoms with Gasteiger partial charge in [0.2, 0.25) is 5.91 Å². The van der Waals surface area contributed by atoms with Gasteiger partial charge in [0.15, 0.2) is 5.78 Å². The normalized spacial score (nSPS) is 22.2. The van der Waals surface area contributed by atoms with Crippen LogP contribution in [-0.2, 0) is 4.79 Å². The molecule has 114 valence electrons. The van der Waals surface area contributed by atoms with Crippen LogP contribution in [0.4, 0.5) is 5.69 Å². The van der Waals surface area contributed by atoms with Crippen LogP contribution < -0.4 is 5.32 Å². The van der Waals surface area contributed by atoms with Crippen molar-refractivity contribution in [2.24, 2.45) is 5.92 Å². The number of rotatable bonds is 5. The van der Waals surface area contributed by atoms with Crippen LogP contribution in [0, 0.1) is 5.92 Å². The van der Waals surface area contributed by atoms with Gasteiger partial charge < -0.3 is 10.4 Å². The maximum atomic E-state index is 12.1. The van der Waals surface area contributed by atoms with Crippen LogP contribution in [-0.4, -0.2) is 47.4 Å². The van der Waals surface area contributed by atoms with E-state index >= 15 is 0 Å². The first-order chi connectivity index (χ1) is 10.0. The number of benzene rings is 1. The minimum absolute atomic E-state index is 0.0280. The summed E-state index contributed by atoms with van der Waals surface area (Å²) >= 11 is 0. The van der Waals surface area contributed by atoms with Crippen LogP contribution in [0.2, 0.25) is 0 Å². The fraction of sp³-hybridized carbons (Fsp3) is 0.500. The highest BCUT2D eigenvalue weighted by Gasteiger charge is 2.31. The maximum absolute atomic E-state index is 12.1. The zero-order valence-corrected chi connectivity index (χ0v) is 12.5. The summed E-state index contributed by atoms with van der Waals surface area (Å²) in [6.45, 7) is 4.76. The van der Waals surface area contributed by atoms with Crippen LogP contribution >= 0.6 is 0 Å². The number of nitrogens with zero attached hydrogens (tertiary/aromatic N) is 1. The first-order valence-corrected chi connectivity index (χ1v) is 7.27. The van der Waals surface area contributed by atoms with E-state index in [1.807, 2.05) is 4.90 Å². The molecule has 2 unspecified atom stereocenters. The zero-order valence-electron chi connectivity index (χ0n) is 12.5. The number of aliphatic hydroxyl groups is 1. The Morgan fingerprint density at radius 2 is 2.19 bits per heavy atom. The Morgan fingerprint density at radius 1 is 1.43 bits per heavy atom. The van der Waals surface area contributed by atoms with Gasteiger partial charge in [0.1, 0.15) is 0 Å². The van der Waals surface area contributed by atoms with E-state index in [0.717, 1.165) is 13.0 Å². The number of hydrogen-bond acceptors (Lipinski definition) is 4. The van der Waals surface area contributed by atoms with Crippen molar-refractivity contribution in [1.29, 1.82) is 0 Å². The highest BCUT2D eigenvalue weighted by Crippen LogP contribution is 2.23. The lowest BCUT2D eigenvalue weighted by molar-refractivity contribution is -0.117. The maximum Gasteiger partial charge on any atom is 0.238 e. The first kappa shape index (κ1) is 15.7. The third-order valence-corrected chi connectivity index (χ3v) is 4.08. The summed E-state index contributed by atoms with van der Waals surface area (Å²) in [4.78, 5) is 25.4. The predicted octanol–water partition coefficient (Wildman–Crippen LogP) is 1.53. The number of hydrogen-bond donors (Lipinski definition) is 2. The molecule has 5 heteroatoms. The molecule has 2 N–H and O–H groups in total. The lowest BCUT2D eigenvalue weighted by Gasteiger charge is -2.24. The second kappa shape index (κ2) is 6.83. The Labute approximate surface area is 125 Å². The molecule has 1 saturated heterocycles. The summed E-state index contributed by atoms with van der Waals surface area (Å²) < 4.78 is 0. The van der Waals surface area contributed by atoms with E-state index in [2.05, 4.69) is 12.2 Å². The van der Waals surface area contributed by atoms with E-state index < -0.39 is 0 Å².